The average molecular weight is 423 g/mol. The number of nitrogens with zero attached hydrogens (tertiary/aromatic N) is 4. The number of nitrogens with one attached hydrogen (secondary N) is 1. The maximum absolute atomic E-state index is 13.8. The van der Waals surface area contributed by atoms with Crippen LogP contribution in [0, 0.1) is 18.6 Å². The molecule has 31 heavy (non-hydrogen) atoms. The Morgan fingerprint density at radius 3 is 2.45 bits per heavy atom. The summed E-state index contributed by atoms with van der Waals surface area (Å²) in [5.41, 5.74) is 0.912. The van der Waals surface area contributed by atoms with E-state index in [0.717, 1.165) is 12.1 Å². The van der Waals surface area contributed by atoms with Crippen LogP contribution < -0.4 is 5.32 Å². The van der Waals surface area contributed by atoms with E-state index in [0.29, 0.717) is 28.2 Å². The summed E-state index contributed by atoms with van der Waals surface area (Å²) in [6.45, 7) is 1.76. The lowest BCUT2D eigenvalue weighted by Crippen LogP contribution is -2.17. The summed E-state index contributed by atoms with van der Waals surface area (Å²) in [6, 6.07) is 8.07. The van der Waals surface area contributed by atoms with Gasteiger partial charge in [-0.05, 0) is 37.3 Å². The average Bonchev–Trinajstić information content (AvgIpc) is 3.08. The van der Waals surface area contributed by atoms with Gasteiger partial charge >= 0.3 is 5.97 Å². The number of imidazole rings is 1. The van der Waals surface area contributed by atoms with E-state index < -0.39 is 29.1 Å². The highest BCUT2D eigenvalue weighted by molar-refractivity contribution is 6.04. The van der Waals surface area contributed by atoms with Gasteiger partial charge < -0.3 is 10.1 Å². The number of rotatable bonds is 4. The number of methoxy groups -OCH3 is 1. The zero-order valence-electron chi connectivity index (χ0n) is 16.4. The smallest absolute Gasteiger partial charge is 0.337 e. The summed E-state index contributed by atoms with van der Waals surface area (Å²) in [7, 11) is 1.30. The van der Waals surface area contributed by atoms with Crippen LogP contribution in [0.2, 0.25) is 0 Å². The Morgan fingerprint density at radius 1 is 1.06 bits per heavy atom. The first kappa shape index (κ1) is 20.1. The Labute approximate surface area is 174 Å². The molecule has 0 fully saturated rings. The number of aryl methyl sites for hydroxylation is 1. The first-order valence-electron chi connectivity index (χ1n) is 9.04. The van der Waals surface area contributed by atoms with E-state index in [4.69, 9.17) is 4.74 Å². The number of aromatic nitrogens is 4. The van der Waals surface area contributed by atoms with Crippen molar-refractivity contribution in [2.45, 2.75) is 6.92 Å². The van der Waals surface area contributed by atoms with Gasteiger partial charge in [0.15, 0.2) is 11.6 Å². The fourth-order valence-electron chi connectivity index (χ4n) is 3.13. The number of hydrogen-bond acceptors (Lipinski definition) is 6. The van der Waals surface area contributed by atoms with Crippen molar-refractivity contribution in [3.8, 4) is 5.82 Å². The normalized spacial score (nSPS) is 10.8. The highest BCUT2D eigenvalue weighted by atomic mass is 19.1. The predicted octanol–water partition coefficient (Wildman–Crippen LogP) is 3.44. The van der Waals surface area contributed by atoms with Gasteiger partial charge in [-0.3, -0.25) is 9.36 Å². The second-order valence-corrected chi connectivity index (χ2v) is 6.50. The van der Waals surface area contributed by atoms with Gasteiger partial charge in [-0.1, -0.05) is 6.07 Å². The van der Waals surface area contributed by atoms with Crippen molar-refractivity contribution in [3.63, 3.8) is 0 Å². The molecule has 4 aromatic rings. The molecular formula is C21H15F2N5O3. The van der Waals surface area contributed by atoms with Gasteiger partial charge in [0.05, 0.1) is 36.1 Å². The first-order chi connectivity index (χ1) is 14.9. The Morgan fingerprint density at radius 2 is 1.81 bits per heavy atom. The van der Waals surface area contributed by atoms with Gasteiger partial charge in [0.25, 0.3) is 5.91 Å². The van der Waals surface area contributed by atoms with Gasteiger partial charge in [-0.25, -0.2) is 28.5 Å². The van der Waals surface area contributed by atoms with Gasteiger partial charge in [-0.15, -0.1) is 0 Å². The van der Waals surface area contributed by atoms with Crippen LogP contribution in [0.3, 0.4) is 0 Å². The molecule has 1 N–H and O–H groups in total. The van der Waals surface area contributed by atoms with Gasteiger partial charge in [0, 0.05) is 0 Å². The van der Waals surface area contributed by atoms with Crippen LogP contribution in [0.1, 0.15) is 26.5 Å². The maximum Gasteiger partial charge on any atom is 0.337 e. The van der Waals surface area contributed by atoms with Crippen LogP contribution in [0.5, 0.6) is 0 Å². The fraction of sp³-hybridized carbons (Fsp3) is 0.0952. The van der Waals surface area contributed by atoms with Crippen LogP contribution in [0.15, 0.2) is 48.8 Å². The lowest BCUT2D eigenvalue weighted by Gasteiger charge is -2.08. The van der Waals surface area contributed by atoms with Crippen LogP contribution >= 0.6 is 0 Å². The molecule has 0 unspecified atom stereocenters. The molecule has 4 rings (SSSR count). The minimum absolute atomic E-state index is 0.0199. The summed E-state index contributed by atoms with van der Waals surface area (Å²) in [5, 5.41) is 2.32. The van der Waals surface area contributed by atoms with Crippen molar-refractivity contribution in [2.24, 2.45) is 0 Å². The molecule has 0 aliphatic carbocycles. The van der Waals surface area contributed by atoms with Gasteiger partial charge in [-0.2, -0.15) is 0 Å². The molecule has 2 aromatic heterocycles. The van der Waals surface area contributed by atoms with Crippen molar-refractivity contribution in [2.75, 3.05) is 12.4 Å². The molecule has 1 amide bonds. The maximum atomic E-state index is 13.8. The van der Waals surface area contributed by atoms with E-state index in [-0.39, 0.29) is 5.82 Å². The number of ether oxygens (including phenoxy) is 1. The number of benzene rings is 2. The molecule has 0 aliphatic rings. The minimum atomic E-state index is -0.978. The number of fused-ring (bicyclic) bond motifs is 1. The molecule has 0 aliphatic heterocycles. The molecular weight excluding hydrogens is 408 g/mol. The van der Waals surface area contributed by atoms with Gasteiger partial charge in [0.1, 0.15) is 23.0 Å². The summed E-state index contributed by atoms with van der Waals surface area (Å²) < 4.78 is 34.0. The van der Waals surface area contributed by atoms with Crippen LogP contribution in [0.4, 0.5) is 14.6 Å². The third-order valence-electron chi connectivity index (χ3n) is 4.54. The number of hydrogen-bond donors (Lipinski definition) is 1. The standard InChI is InChI=1S/C21H15F2N5O3/c1-11-26-15-8-12(21(30)31-2)6-7-16(15)28(11)18-10-24-17(9-25-18)27-20(29)19-13(22)4-3-5-14(19)23/h3-10H,1-2H3,(H,24,27,29). The number of halogens is 2. The largest absolute Gasteiger partial charge is 0.465 e. The number of amides is 1. The van der Waals surface area contributed by atoms with E-state index in [1.54, 1.807) is 29.7 Å². The van der Waals surface area contributed by atoms with Crippen molar-refractivity contribution in [3.05, 3.63) is 77.4 Å². The Kier molecular flexibility index (Phi) is 5.12. The molecule has 10 heteroatoms. The van der Waals surface area contributed by atoms with E-state index in [9.17, 15) is 18.4 Å². The lowest BCUT2D eigenvalue weighted by molar-refractivity contribution is 0.0600. The molecule has 2 heterocycles. The second kappa shape index (κ2) is 7.90. The molecule has 2 aromatic carbocycles. The first-order valence-corrected chi connectivity index (χ1v) is 9.04. The Balaban J connectivity index is 1.62. The van der Waals surface area contributed by atoms with E-state index >= 15 is 0 Å². The summed E-state index contributed by atoms with van der Waals surface area (Å²) in [4.78, 5) is 36.7. The summed E-state index contributed by atoms with van der Waals surface area (Å²) in [6.07, 6.45) is 2.65. The van der Waals surface area contributed by atoms with E-state index in [2.05, 4.69) is 20.3 Å². The predicted molar refractivity (Wildman–Crippen MR) is 107 cm³/mol. The number of carbonyl (C=O) groups is 2. The fourth-order valence-corrected chi connectivity index (χ4v) is 3.13. The molecule has 8 nitrogen and oxygen atoms in total. The highest BCUT2D eigenvalue weighted by Gasteiger charge is 2.18. The third-order valence-corrected chi connectivity index (χ3v) is 4.54. The molecule has 0 saturated carbocycles. The van der Waals surface area contributed by atoms with E-state index in [1.165, 1.54) is 25.6 Å². The zero-order chi connectivity index (χ0) is 22.1. The molecule has 0 atom stereocenters. The monoisotopic (exact) mass is 423 g/mol. The molecule has 0 bridgehead atoms. The third kappa shape index (κ3) is 3.70. The number of anilines is 1. The van der Waals surface area contributed by atoms with Crippen molar-refractivity contribution in [1.82, 2.24) is 19.5 Å². The van der Waals surface area contributed by atoms with Crippen LogP contribution in [-0.2, 0) is 4.74 Å². The molecule has 156 valence electrons. The Bertz CT molecular complexity index is 1300. The lowest BCUT2D eigenvalue weighted by atomic mass is 10.2. The van der Waals surface area contributed by atoms with Gasteiger partial charge in [0.2, 0.25) is 0 Å². The number of esters is 1. The van der Waals surface area contributed by atoms with Crippen molar-refractivity contribution < 1.29 is 23.1 Å². The number of carbonyl (C=O) groups excluding carboxylic acids is 2. The zero-order valence-corrected chi connectivity index (χ0v) is 16.4. The quantitative estimate of drug-likeness (QED) is 0.505. The molecule has 0 spiro atoms. The molecule has 0 radical (unpaired) electrons. The van der Waals surface area contributed by atoms with E-state index in [1.807, 2.05) is 0 Å². The van der Waals surface area contributed by atoms with Crippen LogP contribution in [0.25, 0.3) is 16.9 Å². The SMILES string of the molecule is COC(=O)c1ccc2c(c1)nc(C)n2-c1cnc(NC(=O)c2c(F)cccc2F)cn1. The second-order valence-electron chi connectivity index (χ2n) is 6.50. The van der Waals surface area contributed by atoms with Crippen molar-refractivity contribution >= 4 is 28.7 Å². The van der Waals surface area contributed by atoms with Crippen molar-refractivity contribution in [1.29, 1.82) is 0 Å². The summed E-state index contributed by atoms with van der Waals surface area (Å²) in [5.74, 6) is -2.38. The van der Waals surface area contributed by atoms with Crippen LogP contribution in [-0.4, -0.2) is 38.5 Å². The minimum Gasteiger partial charge on any atom is -0.465 e. The molecule has 0 saturated heterocycles. The Hall–Kier alpha value is -4.21. The summed E-state index contributed by atoms with van der Waals surface area (Å²) >= 11 is 0. The highest BCUT2D eigenvalue weighted by Crippen LogP contribution is 2.22. The topological polar surface area (TPSA) is 99.0 Å².